The van der Waals surface area contributed by atoms with E-state index in [9.17, 15) is 14.4 Å². The van der Waals surface area contributed by atoms with Gasteiger partial charge in [0.2, 0.25) is 11.8 Å². The van der Waals surface area contributed by atoms with Crippen molar-refractivity contribution in [1.82, 2.24) is 4.90 Å². The van der Waals surface area contributed by atoms with Crippen LogP contribution in [0.25, 0.3) is 0 Å². The number of carboxylic acids is 1. The predicted molar refractivity (Wildman–Crippen MR) is 73.0 cm³/mol. The Morgan fingerprint density at radius 2 is 1.63 bits per heavy atom. The summed E-state index contributed by atoms with van der Waals surface area (Å²) >= 11 is 7.21. The minimum Gasteiger partial charge on any atom is -0.481 e. The van der Waals surface area contributed by atoms with Crippen molar-refractivity contribution in [3.63, 3.8) is 0 Å². The number of imide groups is 1. The van der Waals surface area contributed by atoms with Gasteiger partial charge in [0.1, 0.15) is 0 Å². The van der Waals surface area contributed by atoms with Crippen LogP contribution in [0.4, 0.5) is 0 Å². The highest BCUT2D eigenvalue weighted by molar-refractivity contribution is 9.12. The van der Waals surface area contributed by atoms with Crippen molar-refractivity contribution in [2.24, 2.45) is 23.7 Å². The third kappa shape index (κ3) is 1.81. The zero-order chi connectivity index (χ0) is 13.9. The SMILES string of the molecule is O=C(O)CCN1C(=O)[C@@H]2[C@H](C1=O)[C@H]1C[C@@H]2C(Br)C1Br. The van der Waals surface area contributed by atoms with Gasteiger partial charge in [-0.1, -0.05) is 31.9 Å². The number of hydrogen-bond donors (Lipinski definition) is 1. The molecule has 0 radical (unpaired) electrons. The molecule has 2 saturated carbocycles. The molecule has 7 heteroatoms. The molecule has 1 N–H and O–H groups in total. The van der Waals surface area contributed by atoms with Crippen LogP contribution in [0.1, 0.15) is 12.8 Å². The summed E-state index contributed by atoms with van der Waals surface area (Å²) < 4.78 is 0. The quantitative estimate of drug-likeness (QED) is 0.577. The van der Waals surface area contributed by atoms with E-state index in [0.717, 1.165) is 11.3 Å². The minimum atomic E-state index is -0.989. The molecular weight excluding hydrogens is 382 g/mol. The van der Waals surface area contributed by atoms with Gasteiger partial charge in [0.05, 0.1) is 18.3 Å². The van der Waals surface area contributed by atoms with Crippen molar-refractivity contribution < 1.29 is 19.5 Å². The molecule has 19 heavy (non-hydrogen) atoms. The number of carboxylic acid groups (broad SMARTS) is 1. The third-order valence-electron chi connectivity index (χ3n) is 4.63. The van der Waals surface area contributed by atoms with Gasteiger partial charge in [-0.05, 0) is 18.3 Å². The first-order valence-electron chi connectivity index (χ1n) is 6.28. The van der Waals surface area contributed by atoms with Gasteiger partial charge in [0.15, 0.2) is 0 Å². The summed E-state index contributed by atoms with van der Waals surface area (Å²) in [5.74, 6) is -1.46. The molecular formula is C12H13Br2NO4. The maximum Gasteiger partial charge on any atom is 0.305 e. The van der Waals surface area contributed by atoms with Crippen LogP contribution in [-0.4, -0.2) is 44.0 Å². The lowest BCUT2D eigenvalue weighted by molar-refractivity contribution is -0.142. The topological polar surface area (TPSA) is 74.7 Å². The largest absolute Gasteiger partial charge is 0.481 e. The summed E-state index contributed by atoms with van der Waals surface area (Å²) in [5, 5.41) is 8.69. The lowest BCUT2D eigenvalue weighted by atomic mass is 9.81. The first kappa shape index (κ1) is 13.5. The molecule has 0 aromatic carbocycles. The molecule has 3 fully saturated rings. The number of amides is 2. The van der Waals surface area contributed by atoms with Crippen molar-refractivity contribution in [2.45, 2.75) is 22.5 Å². The molecule has 3 rings (SSSR count). The first-order chi connectivity index (χ1) is 8.93. The lowest BCUT2D eigenvalue weighted by Crippen LogP contribution is -2.37. The molecule has 2 unspecified atom stereocenters. The summed E-state index contributed by atoms with van der Waals surface area (Å²) in [4.78, 5) is 36.8. The fourth-order valence-corrected chi connectivity index (χ4v) is 5.71. The Hall–Kier alpha value is -0.430. The fourth-order valence-electron chi connectivity index (χ4n) is 3.84. The van der Waals surface area contributed by atoms with Gasteiger partial charge in [-0.2, -0.15) is 0 Å². The highest BCUT2D eigenvalue weighted by atomic mass is 79.9. The summed E-state index contributed by atoms with van der Waals surface area (Å²) in [7, 11) is 0. The molecule has 0 spiro atoms. The van der Waals surface area contributed by atoms with Crippen molar-refractivity contribution in [2.75, 3.05) is 6.54 Å². The highest BCUT2D eigenvalue weighted by Crippen LogP contribution is 2.60. The third-order valence-corrected chi connectivity index (χ3v) is 7.83. The van der Waals surface area contributed by atoms with Crippen LogP contribution < -0.4 is 0 Å². The number of carbonyl (C=O) groups is 3. The van der Waals surface area contributed by atoms with Crippen molar-refractivity contribution in [3.8, 4) is 0 Å². The Labute approximate surface area is 127 Å². The number of hydrogen-bond acceptors (Lipinski definition) is 3. The standard InChI is InChI=1S/C12H13Br2NO4/c13-9-4-3-5(10(9)14)8-7(4)11(18)15(12(8)19)2-1-6(16)17/h4-5,7-10H,1-3H2,(H,16,17)/t4-,5+,7-,8+,9?,10?. The first-order valence-corrected chi connectivity index (χ1v) is 8.11. The second-order valence-electron chi connectivity index (χ2n) is 5.48. The molecule has 6 atom stereocenters. The molecule has 2 aliphatic carbocycles. The van der Waals surface area contributed by atoms with E-state index < -0.39 is 5.97 Å². The van der Waals surface area contributed by atoms with Crippen LogP contribution in [0.15, 0.2) is 0 Å². The normalized spacial score (nSPS) is 44.0. The number of rotatable bonds is 3. The van der Waals surface area contributed by atoms with Crippen LogP contribution in [0.5, 0.6) is 0 Å². The average molecular weight is 395 g/mol. The Bertz CT molecular complexity index is 437. The molecule has 3 aliphatic rings. The molecule has 104 valence electrons. The van der Waals surface area contributed by atoms with E-state index in [1.54, 1.807) is 0 Å². The van der Waals surface area contributed by atoms with Gasteiger partial charge in [0.25, 0.3) is 0 Å². The summed E-state index contributed by atoms with van der Waals surface area (Å²) in [6, 6.07) is 0. The van der Waals surface area contributed by atoms with Crippen molar-refractivity contribution in [1.29, 1.82) is 0 Å². The Kier molecular flexibility index (Phi) is 3.24. The molecule has 2 amide bonds. The Morgan fingerprint density at radius 3 is 2.05 bits per heavy atom. The van der Waals surface area contributed by atoms with Gasteiger partial charge in [0, 0.05) is 16.2 Å². The Balaban J connectivity index is 1.83. The molecule has 2 bridgehead atoms. The maximum absolute atomic E-state index is 12.3. The second kappa shape index (κ2) is 4.55. The predicted octanol–water partition coefficient (Wildman–Crippen LogP) is 1.24. The molecule has 1 heterocycles. The summed E-state index contributed by atoms with van der Waals surface area (Å²) in [5.41, 5.74) is 0. The number of fused-ring (bicyclic) bond motifs is 5. The van der Waals surface area contributed by atoms with Crippen LogP contribution in [0.3, 0.4) is 0 Å². The molecule has 0 aromatic heterocycles. The summed E-state index contributed by atoms with van der Waals surface area (Å²) in [6.07, 6.45) is 0.715. The monoisotopic (exact) mass is 393 g/mol. The molecule has 5 nitrogen and oxygen atoms in total. The Morgan fingerprint density at radius 1 is 1.16 bits per heavy atom. The van der Waals surface area contributed by atoms with E-state index in [-0.39, 0.29) is 58.1 Å². The van der Waals surface area contributed by atoms with Crippen molar-refractivity contribution in [3.05, 3.63) is 0 Å². The smallest absolute Gasteiger partial charge is 0.305 e. The number of halogens is 2. The van der Waals surface area contributed by atoms with E-state index in [0.29, 0.717) is 0 Å². The number of likely N-dealkylation sites (tertiary alicyclic amines) is 1. The lowest BCUT2D eigenvalue weighted by Gasteiger charge is -2.28. The van der Waals surface area contributed by atoms with Crippen LogP contribution in [0.2, 0.25) is 0 Å². The number of nitrogens with zero attached hydrogens (tertiary/aromatic N) is 1. The number of aliphatic carboxylic acids is 1. The molecule has 0 aromatic rings. The van der Waals surface area contributed by atoms with Crippen LogP contribution in [0, 0.1) is 23.7 Å². The van der Waals surface area contributed by atoms with Gasteiger partial charge in [-0.15, -0.1) is 0 Å². The van der Waals surface area contributed by atoms with E-state index in [1.165, 1.54) is 0 Å². The van der Waals surface area contributed by atoms with E-state index in [1.807, 2.05) is 0 Å². The van der Waals surface area contributed by atoms with Crippen molar-refractivity contribution >= 4 is 49.6 Å². The summed E-state index contributed by atoms with van der Waals surface area (Å²) in [6.45, 7) is -0.000650. The number of carbonyl (C=O) groups excluding carboxylic acids is 2. The fraction of sp³-hybridized carbons (Fsp3) is 0.750. The van der Waals surface area contributed by atoms with Gasteiger partial charge < -0.3 is 5.11 Å². The molecule has 1 aliphatic heterocycles. The van der Waals surface area contributed by atoms with Gasteiger partial charge in [-0.25, -0.2) is 0 Å². The van der Waals surface area contributed by atoms with Crippen LogP contribution in [-0.2, 0) is 14.4 Å². The minimum absolute atomic E-state index is 0.000650. The zero-order valence-corrected chi connectivity index (χ0v) is 13.1. The second-order valence-corrected chi connectivity index (χ2v) is 7.59. The number of alkyl halides is 2. The van der Waals surface area contributed by atoms with Crippen LogP contribution >= 0.6 is 31.9 Å². The average Bonchev–Trinajstić information content (AvgIpc) is 2.93. The maximum atomic E-state index is 12.3. The highest BCUT2D eigenvalue weighted by Gasteiger charge is 2.66. The zero-order valence-electron chi connectivity index (χ0n) is 9.96. The van der Waals surface area contributed by atoms with E-state index in [2.05, 4.69) is 31.9 Å². The van der Waals surface area contributed by atoms with E-state index in [4.69, 9.17) is 5.11 Å². The van der Waals surface area contributed by atoms with Gasteiger partial charge in [-0.3, -0.25) is 19.3 Å². The molecule has 1 saturated heterocycles. The van der Waals surface area contributed by atoms with E-state index >= 15 is 0 Å². The van der Waals surface area contributed by atoms with Gasteiger partial charge >= 0.3 is 5.97 Å².